The van der Waals surface area contributed by atoms with Crippen molar-refractivity contribution in [3.8, 4) is 0 Å². The van der Waals surface area contributed by atoms with Crippen molar-refractivity contribution in [3.05, 3.63) is 11.8 Å². The van der Waals surface area contributed by atoms with Gasteiger partial charge in [-0.1, -0.05) is 0 Å². The number of hydrogen-bond acceptors (Lipinski definition) is 6. The first-order valence-corrected chi connectivity index (χ1v) is 6.41. The molecule has 0 radical (unpaired) electrons. The van der Waals surface area contributed by atoms with Crippen LogP contribution in [0.5, 0.6) is 0 Å². The molecule has 1 aliphatic heterocycles. The average molecular weight is 264 g/mol. The molecule has 1 aromatic heterocycles. The quantitative estimate of drug-likeness (QED) is 0.593. The van der Waals surface area contributed by atoms with Gasteiger partial charge in [0.25, 0.3) is 0 Å². The van der Waals surface area contributed by atoms with Gasteiger partial charge in [-0.2, -0.15) is 4.98 Å². The van der Waals surface area contributed by atoms with Gasteiger partial charge in [0.2, 0.25) is 11.9 Å². The minimum Gasteiger partial charge on any atom is -0.350 e. The van der Waals surface area contributed by atoms with Crippen LogP contribution in [-0.4, -0.2) is 47.5 Å². The number of nitrogens with zero attached hydrogens (tertiary/aromatic N) is 4. The number of rotatable bonds is 4. The lowest BCUT2D eigenvalue weighted by Crippen LogP contribution is -2.37. The van der Waals surface area contributed by atoms with E-state index in [4.69, 9.17) is 5.84 Å². The molecular formula is C12H20N6O. The Bertz CT molecular complexity index is 458. The van der Waals surface area contributed by atoms with E-state index in [1.807, 2.05) is 29.8 Å². The Hall–Kier alpha value is -1.89. The maximum atomic E-state index is 12.1. The second kappa shape index (κ2) is 5.83. The Morgan fingerprint density at radius 2 is 2.16 bits per heavy atom. The number of hydrazine groups is 1. The summed E-state index contributed by atoms with van der Waals surface area (Å²) in [7, 11) is 1.84. The standard InChI is InChI=1S/C12H20N6O/c1-9-7-10(15-12(14-9)16-13)17(2)8-11(19)18-5-3-4-6-18/h7H,3-6,8,13H2,1-2H3,(H,14,15,16). The van der Waals surface area contributed by atoms with Gasteiger partial charge in [-0.3, -0.25) is 10.2 Å². The summed E-state index contributed by atoms with van der Waals surface area (Å²) in [6.45, 7) is 3.92. The van der Waals surface area contributed by atoms with Gasteiger partial charge < -0.3 is 9.80 Å². The van der Waals surface area contributed by atoms with Crippen molar-refractivity contribution in [2.75, 3.05) is 37.0 Å². The third kappa shape index (κ3) is 3.31. The number of nitrogens with one attached hydrogen (secondary N) is 1. The number of nitrogen functional groups attached to an aromatic ring is 1. The molecule has 1 aliphatic rings. The van der Waals surface area contributed by atoms with Gasteiger partial charge in [0.1, 0.15) is 5.82 Å². The summed E-state index contributed by atoms with van der Waals surface area (Å²) in [5.74, 6) is 6.50. The Morgan fingerprint density at radius 1 is 1.47 bits per heavy atom. The molecule has 104 valence electrons. The Balaban J connectivity index is 2.04. The van der Waals surface area contributed by atoms with Gasteiger partial charge in [0.15, 0.2) is 0 Å². The summed E-state index contributed by atoms with van der Waals surface area (Å²) < 4.78 is 0. The van der Waals surface area contributed by atoms with Crippen LogP contribution in [0.15, 0.2) is 6.07 Å². The summed E-state index contributed by atoms with van der Waals surface area (Å²) in [5, 5.41) is 0. The SMILES string of the molecule is Cc1cc(N(C)CC(=O)N2CCCC2)nc(NN)n1. The minimum atomic E-state index is 0.138. The van der Waals surface area contributed by atoms with Crippen LogP contribution in [0.2, 0.25) is 0 Å². The first kappa shape index (κ1) is 13.5. The number of likely N-dealkylation sites (N-methyl/N-ethyl adjacent to an activating group) is 1. The molecule has 1 fully saturated rings. The van der Waals surface area contributed by atoms with E-state index in [1.54, 1.807) is 0 Å². The van der Waals surface area contributed by atoms with E-state index in [2.05, 4.69) is 15.4 Å². The van der Waals surface area contributed by atoms with Gasteiger partial charge in [-0.15, -0.1) is 0 Å². The van der Waals surface area contributed by atoms with E-state index >= 15 is 0 Å². The molecule has 7 nitrogen and oxygen atoms in total. The van der Waals surface area contributed by atoms with E-state index in [1.165, 1.54) is 0 Å². The highest BCUT2D eigenvalue weighted by atomic mass is 16.2. The Kier molecular flexibility index (Phi) is 4.16. The van der Waals surface area contributed by atoms with Crippen LogP contribution in [0.1, 0.15) is 18.5 Å². The Labute approximate surface area is 112 Å². The largest absolute Gasteiger partial charge is 0.350 e. The summed E-state index contributed by atoms with van der Waals surface area (Å²) in [6, 6.07) is 1.83. The number of aromatic nitrogens is 2. The molecule has 3 N–H and O–H groups in total. The molecule has 0 aliphatic carbocycles. The van der Waals surface area contributed by atoms with Crippen LogP contribution < -0.4 is 16.2 Å². The van der Waals surface area contributed by atoms with Crippen molar-refractivity contribution in [2.24, 2.45) is 5.84 Å². The number of nitrogens with two attached hydrogens (primary N) is 1. The number of likely N-dealkylation sites (tertiary alicyclic amines) is 1. The molecule has 0 spiro atoms. The van der Waals surface area contributed by atoms with Crippen molar-refractivity contribution in [2.45, 2.75) is 19.8 Å². The van der Waals surface area contributed by atoms with Gasteiger partial charge in [0.05, 0.1) is 6.54 Å². The van der Waals surface area contributed by atoms with E-state index in [-0.39, 0.29) is 5.91 Å². The van der Waals surface area contributed by atoms with E-state index in [0.717, 1.165) is 31.6 Å². The molecule has 19 heavy (non-hydrogen) atoms. The van der Waals surface area contributed by atoms with Crippen LogP contribution in [0.4, 0.5) is 11.8 Å². The topological polar surface area (TPSA) is 87.4 Å². The number of hydrogen-bond donors (Lipinski definition) is 2. The summed E-state index contributed by atoms with van der Waals surface area (Å²) in [6.07, 6.45) is 2.20. The van der Waals surface area contributed by atoms with Crippen molar-refractivity contribution in [3.63, 3.8) is 0 Å². The summed E-state index contributed by atoms with van der Waals surface area (Å²) in [4.78, 5) is 24.1. The molecule has 0 aromatic carbocycles. The number of carbonyl (C=O) groups excluding carboxylic acids is 1. The second-order valence-corrected chi connectivity index (χ2v) is 4.78. The maximum Gasteiger partial charge on any atom is 0.242 e. The van der Waals surface area contributed by atoms with Crippen molar-refractivity contribution in [1.29, 1.82) is 0 Å². The fourth-order valence-electron chi connectivity index (χ4n) is 2.16. The third-order valence-corrected chi connectivity index (χ3v) is 3.19. The number of aryl methyl sites for hydroxylation is 1. The summed E-state index contributed by atoms with van der Waals surface area (Å²) in [5.41, 5.74) is 3.23. The van der Waals surface area contributed by atoms with E-state index in [9.17, 15) is 4.79 Å². The number of amides is 1. The first-order valence-electron chi connectivity index (χ1n) is 6.41. The van der Waals surface area contributed by atoms with Crippen molar-refractivity contribution in [1.82, 2.24) is 14.9 Å². The predicted octanol–water partition coefficient (Wildman–Crippen LogP) is 0.129. The van der Waals surface area contributed by atoms with Gasteiger partial charge in [-0.05, 0) is 19.8 Å². The molecule has 2 heterocycles. The molecule has 2 rings (SSSR count). The molecule has 0 unspecified atom stereocenters. The molecule has 1 saturated heterocycles. The molecule has 0 saturated carbocycles. The van der Waals surface area contributed by atoms with Crippen LogP contribution in [0.25, 0.3) is 0 Å². The fourth-order valence-corrected chi connectivity index (χ4v) is 2.16. The molecule has 0 bridgehead atoms. The fraction of sp³-hybridized carbons (Fsp3) is 0.583. The molecule has 1 amide bonds. The van der Waals surface area contributed by atoms with Crippen LogP contribution >= 0.6 is 0 Å². The second-order valence-electron chi connectivity index (χ2n) is 4.78. The zero-order valence-corrected chi connectivity index (χ0v) is 11.4. The molecule has 0 atom stereocenters. The number of carbonyl (C=O) groups is 1. The normalized spacial score (nSPS) is 14.6. The van der Waals surface area contributed by atoms with Gasteiger partial charge >= 0.3 is 0 Å². The lowest BCUT2D eigenvalue weighted by molar-refractivity contribution is -0.128. The smallest absolute Gasteiger partial charge is 0.242 e. The van der Waals surface area contributed by atoms with Crippen LogP contribution in [-0.2, 0) is 4.79 Å². The van der Waals surface area contributed by atoms with Gasteiger partial charge in [-0.25, -0.2) is 10.8 Å². The van der Waals surface area contributed by atoms with E-state index < -0.39 is 0 Å². The zero-order valence-electron chi connectivity index (χ0n) is 11.4. The van der Waals surface area contributed by atoms with Crippen LogP contribution in [0.3, 0.4) is 0 Å². The minimum absolute atomic E-state index is 0.138. The predicted molar refractivity (Wildman–Crippen MR) is 73.7 cm³/mol. The monoisotopic (exact) mass is 264 g/mol. The van der Waals surface area contributed by atoms with Crippen molar-refractivity contribution >= 4 is 17.7 Å². The summed E-state index contributed by atoms with van der Waals surface area (Å²) >= 11 is 0. The highest BCUT2D eigenvalue weighted by molar-refractivity contribution is 5.81. The highest BCUT2D eigenvalue weighted by Gasteiger charge is 2.19. The Morgan fingerprint density at radius 3 is 2.79 bits per heavy atom. The highest BCUT2D eigenvalue weighted by Crippen LogP contribution is 2.14. The molecule has 1 aromatic rings. The maximum absolute atomic E-state index is 12.1. The zero-order chi connectivity index (χ0) is 13.8. The van der Waals surface area contributed by atoms with Gasteiger partial charge in [0, 0.05) is 31.9 Å². The third-order valence-electron chi connectivity index (χ3n) is 3.19. The lowest BCUT2D eigenvalue weighted by Gasteiger charge is -2.22. The first-order chi connectivity index (χ1) is 9.10. The van der Waals surface area contributed by atoms with Crippen molar-refractivity contribution < 1.29 is 4.79 Å². The molecule has 7 heteroatoms. The number of anilines is 2. The van der Waals surface area contributed by atoms with E-state index in [0.29, 0.717) is 18.3 Å². The van der Waals surface area contributed by atoms with Crippen LogP contribution in [0, 0.1) is 6.92 Å². The average Bonchev–Trinajstić information content (AvgIpc) is 2.91. The molecular weight excluding hydrogens is 244 g/mol. The lowest BCUT2D eigenvalue weighted by atomic mass is 10.4.